The Morgan fingerprint density at radius 2 is 2.04 bits per heavy atom. The zero-order valence-electron chi connectivity index (χ0n) is 14.6. The van der Waals surface area contributed by atoms with E-state index in [0.29, 0.717) is 22.2 Å². The SMILES string of the molecule is CC(N)C1CCN(C(=O)COc2ccc(Cl)c3cccnc23)CC1.Cl.Cl. The summed E-state index contributed by atoms with van der Waals surface area (Å²) < 4.78 is 5.73. The van der Waals surface area contributed by atoms with Gasteiger partial charge in [0.05, 0.1) is 5.02 Å². The van der Waals surface area contributed by atoms with Gasteiger partial charge in [0, 0.05) is 30.7 Å². The quantitative estimate of drug-likeness (QED) is 0.819. The molecular weight excluding hydrogens is 397 g/mol. The normalized spacial score (nSPS) is 15.7. The van der Waals surface area contributed by atoms with Crippen LogP contribution in [-0.4, -0.2) is 41.5 Å². The first kappa shape index (κ1) is 22.8. The monoisotopic (exact) mass is 419 g/mol. The predicted molar refractivity (Wildman–Crippen MR) is 110 cm³/mol. The third kappa shape index (κ3) is 5.13. The van der Waals surface area contributed by atoms with E-state index in [1.807, 2.05) is 24.0 Å². The zero-order chi connectivity index (χ0) is 17.1. The minimum atomic E-state index is -0.00263. The molecule has 2 N–H and O–H groups in total. The molecule has 1 aromatic carbocycles. The fourth-order valence-corrected chi connectivity index (χ4v) is 3.35. The van der Waals surface area contributed by atoms with Gasteiger partial charge in [-0.05, 0) is 49.9 Å². The van der Waals surface area contributed by atoms with Crippen LogP contribution in [0.2, 0.25) is 5.02 Å². The lowest BCUT2D eigenvalue weighted by Gasteiger charge is -2.33. The maximum Gasteiger partial charge on any atom is 0.260 e. The van der Waals surface area contributed by atoms with E-state index in [1.165, 1.54) is 0 Å². The molecule has 1 aromatic heterocycles. The topological polar surface area (TPSA) is 68.5 Å². The van der Waals surface area contributed by atoms with Crippen LogP contribution >= 0.6 is 36.4 Å². The van der Waals surface area contributed by atoms with Crippen molar-refractivity contribution >= 4 is 53.2 Å². The number of pyridine rings is 1. The van der Waals surface area contributed by atoms with Gasteiger partial charge in [-0.2, -0.15) is 0 Å². The number of ether oxygens (including phenoxy) is 1. The highest BCUT2D eigenvalue weighted by atomic mass is 35.5. The van der Waals surface area contributed by atoms with Gasteiger partial charge in [0.15, 0.2) is 6.61 Å². The number of hydrogen-bond donors (Lipinski definition) is 1. The summed E-state index contributed by atoms with van der Waals surface area (Å²) in [6, 6.07) is 7.42. The first-order valence-corrected chi connectivity index (χ1v) is 8.63. The van der Waals surface area contributed by atoms with Crippen molar-refractivity contribution < 1.29 is 9.53 Å². The molecular formula is C18H24Cl3N3O2. The van der Waals surface area contributed by atoms with E-state index in [4.69, 9.17) is 22.1 Å². The van der Waals surface area contributed by atoms with Gasteiger partial charge in [-0.1, -0.05) is 11.6 Å². The molecule has 2 aromatic rings. The van der Waals surface area contributed by atoms with E-state index < -0.39 is 0 Å². The number of hydrogen-bond acceptors (Lipinski definition) is 4. The summed E-state index contributed by atoms with van der Waals surface area (Å²) in [5.41, 5.74) is 6.62. The van der Waals surface area contributed by atoms with Gasteiger partial charge < -0.3 is 15.4 Å². The van der Waals surface area contributed by atoms with Crippen molar-refractivity contribution in [3.8, 4) is 5.75 Å². The van der Waals surface area contributed by atoms with Gasteiger partial charge in [0.25, 0.3) is 5.91 Å². The molecule has 8 heteroatoms. The van der Waals surface area contributed by atoms with E-state index in [-0.39, 0.29) is 43.4 Å². The van der Waals surface area contributed by atoms with Crippen LogP contribution in [0.1, 0.15) is 19.8 Å². The van der Waals surface area contributed by atoms with Crippen LogP contribution in [0.4, 0.5) is 0 Å². The van der Waals surface area contributed by atoms with E-state index in [0.717, 1.165) is 31.3 Å². The zero-order valence-corrected chi connectivity index (χ0v) is 16.9. The van der Waals surface area contributed by atoms with Crippen molar-refractivity contribution in [1.29, 1.82) is 0 Å². The molecule has 0 spiro atoms. The lowest BCUT2D eigenvalue weighted by molar-refractivity contribution is -0.134. The highest BCUT2D eigenvalue weighted by Gasteiger charge is 2.25. The molecule has 0 bridgehead atoms. The van der Waals surface area contributed by atoms with Crippen LogP contribution < -0.4 is 10.5 Å². The van der Waals surface area contributed by atoms with Crippen LogP contribution in [-0.2, 0) is 4.79 Å². The third-order valence-electron chi connectivity index (χ3n) is 4.67. The van der Waals surface area contributed by atoms with Crippen LogP contribution in [0.15, 0.2) is 30.5 Å². The van der Waals surface area contributed by atoms with E-state index in [2.05, 4.69) is 4.98 Å². The minimum Gasteiger partial charge on any atom is -0.481 e. The Balaban J connectivity index is 0.00000169. The number of nitrogens with two attached hydrogens (primary N) is 1. The molecule has 26 heavy (non-hydrogen) atoms. The maximum absolute atomic E-state index is 12.4. The van der Waals surface area contributed by atoms with Gasteiger partial charge >= 0.3 is 0 Å². The summed E-state index contributed by atoms with van der Waals surface area (Å²) in [7, 11) is 0. The van der Waals surface area contributed by atoms with Gasteiger partial charge in [0.2, 0.25) is 0 Å². The summed E-state index contributed by atoms with van der Waals surface area (Å²) in [4.78, 5) is 18.5. The van der Waals surface area contributed by atoms with E-state index >= 15 is 0 Å². The summed E-state index contributed by atoms with van der Waals surface area (Å²) in [5, 5.41) is 1.44. The third-order valence-corrected chi connectivity index (χ3v) is 5.00. The Hall–Kier alpha value is -1.27. The van der Waals surface area contributed by atoms with E-state index in [1.54, 1.807) is 18.3 Å². The number of fused-ring (bicyclic) bond motifs is 1. The van der Waals surface area contributed by atoms with Crippen molar-refractivity contribution in [2.24, 2.45) is 11.7 Å². The van der Waals surface area contributed by atoms with Crippen molar-refractivity contribution in [2.45, 2.75) is 25.8 Å². The molecule has 0 saturated carbocycles. The number of piperidine rings is 1. The molecule has 1 aliphatic heterocycles. The Bertz CT molecular complexity index is 735. The highest BCUT2D eigenvalue weighted by Crippen LogP contribution is 2.29. The molecule has 1 fully saturated rings. The number of benzene rings is 1. The number of rotatable bonds is 4. The van der Waals surface area contributed by atoms with Crippen molar-refractivity contribution in [1.82, 2.24) is 9.88 Å². The molecule has 1 atom stereocenters. The first-order valence-electron chi connectivity index (χ1n) is 8.25. The summed E-state index contributed by atoms with van der Waals surface area (Å²) in [6.45, 7) is 3.53. The average molecular weight is 421 g/mol. The second-order valence-corrected chi connectivity index (χ2v) is 6.72. The lowest BCUT2D eigenvalue weighted by Crippen LogP contribution is -2.44. The Kier molecular flexibility index (Phi) is 8.90. The second-order valence-electron chi connectivity index (χ2n) is 6.31. The summed E-state index contributed by atoms with van der Waals surface area (Å²) >= 11 is 6.17. The minimum absolute atomic E-state index is 0. The smallest absolute Gasteiger partial charge is 0.260 e. The number of carbonyl (C=O) groups excluding carboxylic acids is 1. The van der Waals surface area contributed by atoms with Crippen molar-refractivity contribution in [3.63, 3.8) is 0 Å². The van der Waals surface area contributed by atoms with Crippen LogP contribution in [0.5, 0.6) is 5.75 Å². The molecule has 1 unspecified atom stereocenters. The van der Waals surface area contributed by atoms with Gasteiger partial charge in [-0.3, -0.25) is 9.78 Å². The lowest BCUT2D eigenvalue weighted by atomic mass is 9.91. The second kappa shape index (κ2) is 10.2. The Labute approximate surface area is 171 Å². The highest BCUT2D eigenvalue weighted by molar-refractivity contribution is 6.35. The maximum atomic E-state index is 12.4. The molecule has 0 radical (unpaired) electrons. The molecule has 2 heterocycles. The van der Waals surface area contributed by atoms with Gasteiger partial charge in [-0.25, -0.2) is 0 Å². The fourth-order valence-electron chi connectivity index (χ4n) is 3.13. The first-order chi connectivity index (χ1) is 11.6. The van der Waals surface area contributed by atoms with Gasteiger partial charge in [-0.15, -0.1) is 24.8 Å². The molecule has 1 aliphatic rings. The molecule has 1 amide bonds. The number of halogens is 3. The number of nitrogens with zero attached hydrogens (tertiary/aromatic N) is 2. The van der Waals surface area contributed by atoms with Crippen molar-refractivity contribution in [3.05, 3.63) is 35.5 Å². The molecule has 3 rings (SSSR count). The number of aromatic nitrogens is 1. The summed E-state index contributed by atoms with van der Waals surface area (Å²) in [5.74, 6) is 1.07. The van der Waals surface area contributed by atoms with Crippen LogP contribution in [0.3, 0.4) is 0 Å². The largest absolute Gasteiger partial charge is 0.481 e. The molecule has 0 aliphatic carbocycles. The Morgan fingerprint density at radius 3 is 2.69 bits per heavy atom. The van der Waals surface area contributed by atoms with Gasteiger partial charge in [0.1, 0.15) is 11.3 Å². The van der Waals surface area contributed by atoms with Crippen molar-refractivity contribution in [2.75, 3.05) is 19.7 Å². The number of amides is 1. The average Bonchev–Trinajstić information content (AvgIpc) is 2.61. The molecule has 5 nitrogen and oxygen atoms in total. The number of likely N-dealkylation sites (tertiary alicyclic amines) is 1. The summed E-state index contributed by atoms with van der Waals surface area (Å²) in [6.07, 6.45) is 3.59. The Morgan fingerprint density at radius 1 is 1.35 bits per heavy atom. The molecule has 144 valence electrons. The number of carbonyl (C=O) groups is 1. The van der Waals surface area contributed by atoms with Crippen LogP contribution in [0.25, 0.3) is 10.9 Å². The van der Waals surface area contributed by atoms with Crippen LogP contribution in [0, 0.1) is 5.92 Å². The standard InChI is InChI=1S/C18H22ClN3O2.2ClH/c1-12(20)13-6-9-22(10-7-13)17(23)11-24-16-5-4-15(19)14-3-2-8-21-18(14)16;;/h2-5,8,12-13H,6-7,9-11,20H2,1H3;2*1H. The predicted octanol–water partition coefficient (Wildman–Crippen LogP) is 3.70. The van der Waals surface area contributed by atoms with E-state index in [9.17, 15) is 4.79 Å². The molecule has 1 saturated heterocycles. The fraction of sp³-hybridized carbons (Fsp3) is 0.444.